The monoisotopic (exact) mass is 260 g/mol. The van der Waals surface area contributed by atoms with E-state index in [2.05, 4.69) is 55.3 Å². The lowest BCUT2D eigenvalue weighted by Gasteiger charge is -2.19. The largest absolute Gasteiger partial charge is 0.371 e. The van der Waals surface area contributed by atoms with Crippen LogP contribution >= 0.6 is 0 Å². The number of nitrogens with one attached hydrogen (secondary N) is 1. The van der Waals surface area contributed by atoms with E-state index in [4.69, 9.17) is 0 Å². The van der Waals surface area contributed by atoms with E-state index in [1.165, 1.54) is 43.6 Å². The van der Waals surface area contributed by atoms with Crippen LogP contribution in [0.4, 0.5) is 5.69 Å². The van der Waals surface area contributed by atoms with E-state index in [9.17, 15) is 0 Å². The minimum absolute atomic E-state index is 0.549. The third-order valence-electron chi connectivity index (χ3n) is 4.00. The fourth-order valence-corrected chi connectivity index (χ4v) is 2.86. The zero-order valence-electron chi connectivity index (χ0n) is 12.7. The number of rotatable bonds is 6. The van der Waals surface area contributed by atoms with E-state index < -0.39 is 0 Å². The highest BCUT2D eigenvalue weighted by Gasteiger charge is 2.21. The Labute approximate surface area is 118 Å². The number of nitrogens with zero attached hydrogens (tertiary/aromatic N) is 1. The van der Waals surface area contributed by atoms with Crippen LogP contribution in [0, 0.1) is 5.92 Å². The van der Waals surface area contributed by atoms with Crippen molar-refractivity contribution in [2.75, 3.05) is 18.0 Å². The molecule has 1 N–H and O–H groups in total. The summed E-state index contributed by atoms with van der Waals surface area (Å²) in [6, 6.07) is 9.64. The predicted molar refractivity (Wildman–Crippen MR) is 83.6 cm³/mol. The summed E-state index contributed by atoms with van der Waals surface area (Å²) < 4.78 is 0. The fraction of sp³-hybridized carbons (Fsp3) is 0.647. The molecular formula is C17H28N2. The van der Waals surface area contributed by atoms with E-state index in [0.29, 0.717) is 6.04 Å². The molecule has 1 atom stereocenters. The molecule has 1 heterocycles. The first-order valence-corrected chi connectivity index (χ1v) is 7.76. The SMILES string of the molecule is CCCC1CCN(c2ccc(CNC(C)C)cc2)C1. The summed E-state index contributed by atoms with van der Waals surface area (Å²) in [6.07, 6.45) is 4.07. The Kier molecular flexibility index (Phi) is 5.26. The highest BCUT2D eigenvalue weighted by molar-refractivity contribution is 5.48. The second-order valence-electron chi connectivity index (χ2n) is 6.09. The average Bonchev–Trinajstić information content (AvgIpc) is 2.86. The lowest BCUT2D eigenvalue weighted by Crippen LogP contribution is -2.22. The maximum Gasteiger partial charge on any atom is 0.0366 e. The first-order valence-electron chi connectivity index (χ1n) is 7.76. The van der Waals surface area contributed by atoms with E-state index in [0.717, 1.165) is 12.5 Å². The first-order chi connectivity index (χ1) is 9.19. The van der Waals surface area contributed by atoms with E-state index in [1.807, 2.05) is 0 Å². The molecule has 1 aromatic rings. The van der Waals surface area contributed by atoms with Crippen molar-refractivity contribution in [2.24, 2.45) is 5.92 Å². The van der Waals surface area contributed by atoms with Gasteiger partial charge in [-0.25, -0.2) is 0 Å². The molecule has 0 saturated carbocycles. The Morgan fingerprint density at radius 3 is 2.63 bits per heavy atom. The normalized spacial score (nSPS) is 19.4. The average molecular weight is 260 g/mol. The van der Waals surface area contributed by atoms with Crippen LogP contribution in [0.3, 0.4) is 0 Å². The molecule has 1 unspecified atom stereocenters. The van der Waals surface area contributed by atoms with Gasteiger partial charge in [0.1, 0.15) is 0 Å². The highest BCUT2D eigenvalue weighted by Crippen LogP contribution is 2.26. The number of benzene rings is 1. The predicted octanol–water partition coefficient (Wildman–Crippen LogP) is 3.81. The maximum absolute atomic E-state index is 3.46. The molecule has 0 bridgehead atoms. The molecule has 1 fully saturated rings. The van der Waals surface area contributed by atoms with Crippen molar-refractivity contribution in [3.63, 3.8) is 0 Å². The molecule has 2 nitrogen and oxygen atoms in total. The van der Waals surface area contributed by atoms with Gasteiger partial charge in [-0.05, 0) is 36.5 Å². The standard InChI is InChI=1S/C17H28N2/c1-4-5-16-10-11-19(13-16)17-8-6-15(7-9-17)12-18-14(2)3/h6-9,14,16,18H,4-5,10-13H2,1-3H3. The minimum Gasteiger partial charge on any atom is -0.371 e. The zero-order chi connectivity index (χ0) is 13.7. The van der Waals surface area contributed by atoms with Gasteiger partial charge in [0, 0.05) is 31.4 Å². The van der Waals surface area contributed by atoms with Gasteiger partial charge in [-0.2, -0.15) is 0 Å². The summed E-state index contributed by atoms with van der Waals surface area (Å²) in [5.41, 5.74) is 2.77. The highest BCUT2D eigenvalue weighted by atomic mass is 15.1. The molecular weight excluding hydrogens is 232 g/mol. The molecule has 0 radical (unpaired) electrons. The molecule has 1 aromatic carbocycles. The first kappa shape index (κ1) is 14.4. The van der Waals surface area contributed by atoms with Gasteiger partial charge >= 0.3 is 0 Å². The zero-order valence-corrected chi connectivity index (χ0v) is 12.7. The van der Waals surface area contributed by atoms with Crippen LogP contribution in [0.25, 0.3) is 0 Å². The molecule has 1 aliphatic heterocycles. The molecule has 2 heteroatoms. The van der Waals surface area contributed by atoms with Gasteiger partial charge in [0.25, 0.3) is 0 Å². The van der Waals surface area contributed by atoms with Gasteiger partial charge in [-0.1, -0.05) is 39.3 Å². The van der Waals surface area contributed by atoms with E-state index in [-0.39, 0.29) is 0 Å². The second-order valence-corrected chi connectivity index (χ2v) is 6.09. The van der Waals surface area contributed by atoms with Crippen molar-refractivity contribution in [2.45, 2.75) is 52.6 Å². The van der Waals surface area contributed by atoms with Crippen LogP contribution in [0.1, 0.15) is 45.6 Å². The summed E-state index contributed by atoms with van der Waals surface area (Å²) >= 11 is 0. The molecule has 1 aliphatic rings. The van der Waals surface area contributed by atoms with Crippen molar-refractivity contribution in [3.8, 4) is 0 Å². The lowest BCUT2D eigenvalue weighted by molar-refractivity contribution is 0.530. The van der Waals surface area contributed by atoms with E-state index in [1.54, 1.807) is 0 Å². The molecule has 2 rings (SSSR count). The smallest absolute Gasteiger partial charge is 0.0366 e. The summed E-state index contributed by atoms with van der Waals surface area (Å²) in [5.74, 6) is 0.910. The Morgan fingerprint density at radius 2 is 2.00 bits per heavy atom. The quantitative estimate of drug-likeness (QED) is 0.836. The van der Waals surface area contributed by atoms with Crippen molar-refractivity contribution >= 4 is 5.69 Å². The van der Waals surface area contributed by atoms with Crippen LogP contribution in [0.2, 0.25) is 0 Å². The number of hydrogen-bond donors (Lipinski definition) is 1. The fourth-order valence-electron chi connectivity index (χ4n) is 2.86. The van der Waals surface area contributed by atoms with Gasteiger partial charge in [-0.15, -0.1) is 0 Å². The molecule has 19 heavy (non-hydrogen) atoms. The summed E-state index contributed by atoms with van der Waals surface area (Å²) in [5, 5.41) is 3.46. The molecule has 1 saturated heterocycles. The number of hydrogen-bond acceptors (Lipinski definition) is 2. The molecule has 0 amide bonds. The van der Waals surface area contributed by atoms with Crippen LogP contribution in [-0.2, 0) is 6.54 Å². The molecule has 0 aromatic heterocycles. The summed E-state index contributed by atoms with van der Waals surface area (Å²) in [6.45, 7) is 10.1. The number of anilines is 1. The van der Waals surface area contributed by atoms with Crippen LogP contribution < -0.4 is 10.2 Å². The maximum atomic E-state index is 3.46. The van der Waals surface area contributed by atoms with Gasteiger partial charge < -0.3 is 10.2 Å². The third kappa shape index (κ3) is 4.24. The van der Waals surface area contributed by atoms with Crippen LogP contribution in [0.5, 0.6) is 0 Å². The van der Waals surface area contributed by atoms with Gasteiger partial charge in [-0.3, -0.25) is 0 Å². The lowest BCUT2D eigenvalue weighted by atomic mass is 10.0. The third-order valence-corrected chi connectivity index (χ3v) is 4.00. The van der Waals surface area contributed by atoms with Crippen LogP contribution in [0.15, 0.2) is 24.3 Å². The van der Waals surface area contributed by atoms with Gasteiger partial charge in [0.2, 0.25) is 0 Å². The summed E-state index contributed by atoms with van der Waals surface area (Å²) in [4.78, 5) is 2.54. The van der Waals surface area contributed by atoms with Crippen molar-refractivity contribution in [1.82, 2.24) is 5.32 Å². The summed E-state index contributed by atoms with van der Waals surface area (Å²) in [7, 11) is 0. The molecule has 0 aliphatic carbocycles. The Bertz CT molecular complexity index is 369. The van der Waals surface area contributed by atoms with Crippen molar-refractivity contribution in [1.29, 1.82) is 0 Å². The molecule has 106 valence electrons. The van der Waals surface area contributed by atoms with Gasteiger partial charge in [0.05, 0.1) is 0 Å². The van der Waals surface area contributed by atoms with Crippen LogP contribution in [-0.4, -0.2) is 19.1 Å². The second kappa shape index (κ2) is 6.95. The Morgan fingerprint density at radius 1 is 1.26 bits per heavy atom. The van der Waals surface area contributed by atoms with E-state index >= 15 is 0 Å². The Hall–Kier alpha value is -1.02. The minimum atomic E-state index is 0.549. The van der Waals surface area contributed by atoms with Crippen molar-refractivity contribution in [3.05, 3.63) is 29.8 Å². The topological polar surface area (TPSA) is 15.3 Å². The van der Waals surface area contributed by atoms with Crippen molar-refractivity contribution < 1.29 is 0 Å². The van der Waals surface area contributed by atoms with Gasteiger partial charge in [0.15, 0.2) is 0 Å². The Balaban J connectivity index is 1.88. The molecule has 0 spiro atoms.